The zero-order valence-corrected chi connectivity index (χ0v) is 10.5. The maximum absolute atomic E-state index is 11.5. The van der Waals surface area contributed by atoms with Crippen molar-refractivity contribution in [3.8, 4) is 0 Å². The molecule has 0 bridgehead atoms. The van der Waals surface area contributed by atoms with Gasteiger partial charge in [-0.25, -0.2) is 4.79 Å². The van der Waals surface area contributed by atoms with Crippen LogP contribution < -0.4 is 0 Å². The van der Waals surface area contributed by atoms with Gasteiger partial charge < -0.3 is 14.7 Å². The highest BCUT2D eigenvalue weighted by Gasteiger charge is 2.18. The summed E-state index contributed by atoms with van der Waals surface area (Å²) in [4.78, 5) is 25.6. The maximum atomic E-state index is 11.5. The minimum atomic E-state index is -0.965. The van der Waals surface area contributed by atoms with E-state index < -0.39 is 5.97 Å². The van der Waals surface area contributed by atoms with Gasteiger partial charge in [-0.1, -0.05) is 0 Å². The number of amides is 1. The van der Waals surface area contributed by atoms with Crippen LogP contribution in [0, 0.1) is 0 Å². The molecule has 6 heteroatoms. The van der Waals surface area contributed by atoms with Crippen molar-refractivity contribution in [1.82, 2.24) is 4.90 Å². The summed E-state index contributed by atoms with van der Waals surface area (Å²) in [5.41, 5.74) is 0. The second-order valence-corrected chi connectivity index (χ2v) is 5.04. The third-order valence-corrected chi connectivity index (χ3v) is 3.54. The summed E-state index contributed by atoms with van der Waals surface area (Å²) in [6, 6.07) is 3.76. The Kier molecular flexibility index (Phi) is 4.11. The van der Waals surface area contributed by atoms with Crippen LogP contribution in [0.4, 0.5) is 0 Å². The first-order chi connectivity index (χ1) is 8.65. The Labute approximate surface area is 108 Å². The van der Waals surface area contributed by atoms with E-state index in [4.69, 9.17) is 9.84 Å². The number of nitrogens with zero attached hydrogens (tertiary/aromatic N) is 1. The summed E-state index contributed by atoms with van der Waals surface area (Å²) in [7, 11) is 0. The average molecular weight is 267 g/mol. The lowest BCUT2D eigenvalue weighted by Gasteiger charge is -2.26. The Hall–Kier alpha value is -1.66. The molecule has 0 saturated carbocycles. The van der Waals surface area contributed by atoms with Gasteiger partial charge in [0.15, 0.2) is 0 Å². The third-order valence-electron chi connectivity index (χ3n) is 2.50. The Bertz CT molecular complexity index is 480. The van der Waals surface area contributed by atoms with Crippen LogP contribution in [0.5, 0.6) is 0 Å². The molecule has 1 aromatic rings. The van der Waals surface area contributed by atoms with Crippen molar-refractivity contribution in [3.63, 3.8) is 0 Å². The molecule has 0 aliphatic carbocycles. The molecule has 0 unspecified atom stereocenters. The molecular formula is C12H13NO4S. The molecule has 1 fully saturated rings. The van der Waals surface area contributed by atoms with Gasteiger partial charge in [0.05, 0.1) is 13.2 Å². The SMILES string of the molecule is O=C(O)C=Cc1ccc(CN2CCOCC2=O)s1. The van der Waals surface area contributed by atoms with E-state index in [0.29, 0.717) is 19.7 Å². The second kappa shape index (κ2) is 5.79. The molecule has 1 N–H and O–H groups in total. The molecule has 1 saturated heterocycles. The van der Waals surface area contributed by atoms with Gasteiger partial charge >= 0.3 is 5.97 Å². The molecule has 18 heavy (non-hydrogen) atoms. The fourth-order valence-corrected chi connectivity index (χ4v) is 2.56. The number of carboxylic acid groups (broad SMARTS) is 1. The molecule has 1 amide bonds. The van der Waals surface area contributed by atoms with Crippen molar-refractivity contribution >= 4 is 29.3 Å². The van der Waals surface area contributed by atoms with E-state index in [2.05, 4.69) is 0 Å². The first-order valence-corrected chi connectivity index (χ1v) is 6.32. The minimum absolute atomic E-state index is 0.00252. The number of aliphatic carboxylic acids is 1. The molecule has 1 aliphatic rings. The molecule has 0 spiro atoms. The Morgan fingerprint density at radius 2 is 2.39 bits per heavy atom. The molecule has 5 nitrogen and oxygen atoms in total. The molecule has 0 aromatic carbocycles. The highest BCUT2D eigenvalue weighted by atomic mass is 32.1. The number of carboxylic acids is 1. The summed E-state index contributed by atoms with van der Waals surface area (Å²) in [5.74, 6) is -0.967. The van der Waals surface area contributed by atoms with Crippen LogP contribution in [0.2, 0.25) is 0 Å². The first-order valence-electron chi connectivity index (χ1n) is 5.50. The maximum Gasteiger partial charge on any atom is 0.328 e. The van der Waals surface area contributed by atoms with Gasteiger partial charge in [-0.15, -0.1) is 11.3 Å². The lowest BCUT2D eigenvalue weighted by atomic mass is 10.3. The summed E-state index contributed by atoms with van der Waals surface area (Å²) >= 11 is 1.49. The second-order valence-electron chi connectivity index (χ2n) is 3.84. The lowest BCUT2D eigenvalue weighted by Crippen LogP contribution is -2.40. The van der Waals surface area contributed by atoms with E-state index in [1.165, 1.54) is 11.3 Å². The topological polar surface area (TPSA) is 66.8 Å². The van der Waals surface area contributed by atoms with E-state index in [9.17, 15) is 9.59 Å². The molecular weight excluding hydrogens is 254 g/mol. The number of hydrogen-bond acceptors (Lipinski definition) is 4. The van der Waals surface area contributed by atoms with Crippen molar-refractivity contribution in [2.45, 2.75) is 6.54 Å². The molecule has 0 atom stereocenters. The molecule has 2 heterocycles. The van der Waals surface area contributed by atoms with Gasteiger partial charge in [-0.2, -0.15) is 0 Å². The molecule has 1 aromatic heterocycles. The zero-order valence-electron chi connectivity index (χ0n) is 9.67. The fraction of sp³-hybridized carbons (Fsp3) is 0.333. The zero-order chi connectivity index (χ0) is 13.0. The van der Waals surface area contributed by atoms with Crippen molar-refractivity contribution in [1.29, 1.82) is 0 Å². The van der Waals surface area contributed by atoms with Crippen LogP contribution >= 0.6 is 11.3 Å². The Morgan fingerprint density at radius 3 is 3.11 bits per heavy atom. The molecule has 0 radical (unpaired) electrons. The number of ether oxygens (including phenoxy) is 1. The number of rotatable bonds is 4. The third kappa shape index (κ3) is 3.41. The quantitative estimate of drug-likeness (QED) is 0.833. The smallest absolute Gasteiger partial charge is 0.328 e. The predicted octanol–water partition coefficient (Wildman–Crippen LogP) is 1.20. The average Bonchev–Trinajstić information content (AvgIpc) is 2.77. The van der Waals surface area contributed by atoms with Crippen molar-refractivity contribution in [2.24, 2.45) is 0 Å². The van der Waals surface area contributed by atoms with E-state index in [0.717, 1.165) is 15.8 Å². The number of carbonyl (C=O) groups excluding carboxylic acids is 1. The number of hydrogen-bond donors (Lipinski definition) is 1. The minimum Gasteiger partial charge on any atom is -0.478 e. The van der Waals surface area contributed by atoms with Crippen LogP contribution in [0.15, 0.2) is 18.2 Å². The van der Waals surface area contributed by atoms with Crippen LogP contribution in [-0.4, -0.2) is 41.6 Å². The highest BCUT2D eigenvalue weighted by molar-refractivity contribution is 7.12. The van der Waals surface area contributed by atoms with Crippen molar-refractivity contribution in [3.05, 3.63) is 28.0 Å². The Balaban J connectivity index is 1.97. The summed E-state index contributed by atoms with van der Waals surface area (Å²) in [6.45, 7) is 1.89. The standard InChI is InChI=1S/C12H13NO4S/c14-11-8-17-6-5-13(11)7-10-2-1-9(18-10)3-4-12(15)16/h1-4H,5-8H2,(H,15,16). The fourth-order valence-electron chi connectivity index (χ4n) is 1.63. The largest absolute Gasteiger partial charge is 0.478 e. The van der Waals surface area contributed by atoms with Crippen LogP contribution in [0.3, 0.4) is 0 Å². The van der Waals surface area contributed by atoms with E-state index in [1.54, 1.807) is 11.0 Å². The normalized spacial score (nSPS) is 16.4. The predicted molar refractivity (Wildman–Crippen MR) is 67.2 cm³/mol. The van der Waals surface area contributed by atoms with Crippen LogP contribution in [0.1, 0.15) is 9.75 Å². The number of morpholine rings is 1. The van der Waals surface area contributed by atoms with E-state index in [-0.39, 0.29) is 12.5 Å². The van der Waals surface area contributed by atoms with E-state index in [1.807, 2.05) is 12.1 Å². The van der Waals surface area contributed by atoms with Gasteiger partial charge in [0.2, 0.25) is 5.91 Å². The lowest BCUT2D eigenvalue weighted by molar-refractivity contribution is -0.143. The Morgan fingerprint density at radius 1 is 1.56 bits per heavy atom. The van der Waals surface area contributed by atoms with Crippen molar-refractivity contribution in [2.75, 3.05) is 19.8 Å². The summed E-state index contributed by atoms with van der Waals surface area (Å²) in [6.07, 6.45) is 2.66. The van der Waals surface area contributed by atoms with E-state index >= 15 is 0 Å². The van der Waals surface area contributed by atoms with Gasteiger partial charge in [-0.3, -0.25) is 4.79 Å². The highest BCUT2D eigenvalue weighted by Crippen LogP contribution is 2.20. The summed E-state index contributed by atoms with van der Waals surface area (Å²) < 4.78 is 5.06. The molecule has 1 aliphatic heterocycles. The van der Waals surface area contributed by atoms with Crippen LogP contribution in [-0.2, 0) is 20.9 Å². The first kappa shape index (κ1) is 12.8. The van der Waals surface area contributed by atoms with Gasteiger partial charge in [0.1, 0.15) is 6.61 Å². The molecule has 96 valence electrons. The van der Waals surface area contributed by atoms with Gasteiger partial charge in [-0.05, 0) is 18.2 Å². The van der Waals surface area contributed by atoms with Crippen molar-refractivity contribution < 1.29 is 19.4 Å². The summed E-state index contributed by atoms with van der Waals surface area (Å²) in [5, 5.41) is 8.53. The van der Waals surface area contributed by atoms with Crippen LogP contribution in [0.25, 0.3) is 6.08 Å². The van der Waals surface area contributed by atoms with Gasteiger partial charge in [0, 0.05) is 22.4 Å². The number of thiophene rings is 1. The monoisotopic (exact) mass is 267 g/mol. The molecule has 2 rings (SSSR count). The van der Waals surface area contributed by atoms with Gasteiger partial charge in [0.25, 0.3) is 0 Å². The number of carbonyl (C=O) groups is 2.